The minimum atomic E-state index is -0.638. The first-order chi connectivity index (χ1) is 15.9. The largest absolute Gasteiger partial charge is 0.387 e. The van der Waals surface area contributed by atoms with Crippen LogP contribution in [0, 0.1) is 0 Å². The smallest absolute Gasteiger partial charge is 0.253 e. The molecule has 2 heterocycles. The van der Waals surface area contributed by atoms with Gasteiger partial charge in [-0.25, -0.2) is 4.98 Å². The SMILES string of the molecule is CCC(C)c1cc(CN(C)C(=O)c2ccc(CCNC[C@H](O)c3ccc(Cl)nc3)cc2)[nH]n1. The molecular weight excluding hydrogens is 438 g/mol. The Morgan fingerprint density at radius 2 is 2.00 bits per heavy atom. The number of carbonyl (C=O) groups excluding carboxylic acids is 1. The third-order valence-electron chi connectivity index (χ3n) is 5.79. The number of aliphatic hydroxyl groups excluding tert-OH is 1. The predicted molar refractivity (Wildman–Crippen MR) is 130 cm³/mol. The van der Waals surface area contributed by atoms with Crippen LogP contribution in [-0.4, -0.2) is 51.2 Å². The van der Waals surface area contributed by atoms with Crippen molar-refractivity contribution in [1.82, 2.24) is 25.4 Å². The summed E-state index contributed by atoms with van der Waals surface area (Å²) in [5.74, 6) is 0.370. The van der Waals surface area contributed by atoms with Gasteiger partial charge in [-0.2, -0.15) is 5.10 Å². The molecule has 2 aromatic heterocycles. The molecule has 0 saturated carbocycles. The summed E-state index contributed by atoms with van der Waals surface area (Å²) in [6, 6.07) is 13.1. The number of pyridine rings is 1. The number of carbonyl (C=O) groups is 1. The fraction of sp³-hybridized carbons (Fsp3) is 0.400. The highest BCUT2D eigenvalue weighted by molar-refractivity contribution is 6.29. The van der Waals surface area contributed by atoms with Crippen LogP contribution in [0.2, 0.25) is 5.15 Å². The molecule has 7 nitrogen and oxygen atoms in total. The Morgan fingerprint density at radius 1 is 1.24 bits per heavy atom. The lowest BCUT2D eigenvalue weighted by molar-refractivity contribution is 0.0783. The van der Waals surface area contributed by atoms with Gasteiger partial charge in [-0.3, -0.25) is 9.89 Å². The zero-order valence-corrected chi connectivity index (χ0v) is 20.1. The van der Waals surface area contributed by atoms with Crippen molar-refractivity contribution in [2.45, 2.75) is 45.3 Å². The lowest BCUT2D eigenvalue weighted by atomic mass is 10.1. The first kappa shape index (κ1) is 24.9. The Balaban J connectivity index is 1.44. The molecule has 33 heavy (non-hydrogen) atoms. The first-order valence-electron chi connectivity index (χ1n) is 11.3. The molecule has 3 rings (SSSR count). The van der Waals surface area contributed by atoms with Crippen LogP contribution in [0.25, 0.3) is 0 Å². The second-order valence-electron chi connectivity index (χ2n) is 8.37. The normalized spacial score (nSPS) is 13.0. The number of halogens is 1. The van der Waals surface area contributed by atoms with E-state index in [-0.39, 0.29) is 5.91 Å². The summed E-state index contributed by atoms with van der Waals surface area (Å²) in [5.41, 5.74) is 4.46. The van der Waals surface area contributed by atoms with Crippen molar-refractivity contribution < 1.29 is 9.90 Å². The van der Waals surface area contributed by atoms with Crippen molar-refractivity contribution in [1.29, 1.82) is 0 Å². The molecule has 0 saturated heterocycles. The molecule has 0 spiro atoms. The molecule has 0 aliphatic rings. The number of nitrogens with zero attached hydrogens (tertiary/aromatic N) is 3. The molecule has 3 aromatic rings. The second kappa shape index (κ2) is 11.9. The van der Waals surface area contributed by atoms with Crippen LogP contribution in [0.5, 0.6) is 0 Å². The van der Waals surface area contributed by atoms with Crippen molar-refractivity contribution in [2.24, 2.45) is 0 Å². The van der Waals surface area contributed by atoms with E-state index in [9.17, 15) is 9.90 Å². The summed E-state index contributed by atoms with van der Waals surface area (Å²) in [6.45, 7) is 5.90. The standard InChI is InChI=1S/C25H32ClN5O2/c1-4-17(2)22-13-21(29-30-22)16-31(3)25(33)19-7-5-18(6-8-19)11-12-27-15-23(32)20-9-10-24(26)28-14-20/h5-10,13-14,17,23,27,32H,4,11-12,15-16H2,1-3H3,(H,29,30)/t17?,23-/m0/s1. The van der Waals surface area contributed by atoms with E-state index >= 15 is 0 Å². The highest BCUT2D eigenvalue weighted by Crippen LogP contribution is 2.18. The highest BCUT2D eigenvalue weighted by Gasteiger charge is 2.15. The van der Waals surface area contributed by atoms with Crippen LogP contribution in [0.4, 0.5) is 0 Å². The van der Waals surface area contributed by atoms with Gasteiger partial charge < -0.3 is 15.3 Å². The fourth-order valence-electron chi connectivity index (χ4n) is 3.46. The lowest BCUT2D eigenvalue weighted by Crippen LogP contribution is -2.26. The third-order valence-corrected chi connectivity index (χ3v) is 6.01. The number of hydrogen-bond acceptors (Lipinski definition) is 5. The Kier molecular flexibility index (Phi) is 9.00. The van der Waals surface area contributed by atoms with Gasteiger partial charge in [-0.15, -0.1) is 0 Å². The van der Waals surface area contributed by atoms with Gasteiger partial charge in [0, 0.05) is 30.9 Å². The van der Waals surface area contributed by atoms with Gasteiger partial charge in [0.1, 0.15) is 5.15 Å². The molecule has 3 N–H and O–H groups in total. The number of amides is 1. The number of nitrogens with one attached hydrogen (secondary N) is 2. The molecule has 0 aliphatic heterocycles. The summed E-state index contributed by atoms with van der Waals surface area (Å²) in [4.78, 5) is 18.5. The number of hydrogen-bond donors (Lipinski definition) is 3. The van der Waals surface area contributed by atoms with Crippen molar-refractivity contribution >= 4 is 17.5 Å². The topological polar surface area (TPSA) is 94.1 Å². The summed E-state index contributed by atoms with van der Waals surface area (Å²) in [6.07, 6.45) is 2.77. The number of aliphatic hydroxyl groups is 1. The molecule has 0 fully saturated rings. The number of benzene rings is 1. The number of aromatic nitrogens is 3. The van der Waals surface area contributed by atoms with Gasteiger partial charge in [0.2, 0.25) is 0 Å². The summed E-state index contributed by atoms with van der Waals surface area (Å²) in [7, 11) is 1.80. The van der Waals surface area contributed by atoms with E-state index in [0.717, 1.165) is 35.4 Å². The number of H-pyrrole nitrogens is 1. The maximum Gasteiger partial charge on any atom is 0.253 e. The van der Waals surface area contributed by atoms with E-state index in [0.29, 0.717) is 36.3 Å². The van der Waals surface area contributed by atoms with Crippen molar-refractivity contribution in [3.8, 4) is 0 Å². The Morgan fingerprint density at radius 3 is 2.67 bits per heavy atom. The zero-order chi connectivity index (χ0) is 23.8. The van der Waals surface area contributed by atoms with Crippen LogP contribution >= 0.6 is 11.6 Å². The van der Waals surface area contributed by atoms with Gasteiger partial charge in [0.15, 0.2) is 0 Å². The monoisotopic (exact) mass is 469 g/mol. The minimum absolute atomic E-state index is 0.0286. The number of aromatic amines is 1. The molecule has 8 heteroatoms. The van der Waals surface area contributed by atoms with Crippen molar-refractivity contribution in [3.05, 3.63) is 81.9 Å². The molecule has 0 aliphatic carbocycles. The average Bonchev–Trinajstić information content (AvgIpc) is 3.30. The first-order valence-corrected chi connectivity index (χ1v) is 11.6. The van der Waals surface area contributed by atoms with E-state index in [4.69, 9.17) is 11.6 Å². The third kappa shape index (κ3) is 7.12. The van der Waals surface area contributed by atoms with Gasteiger partial charge in [0.05, 0.1) is 24.0 Å². The molecule has 0 bridgehead atoms. The quantitative estimate of drug-likeness (QED) is 0.290. The zero-order valence-electron chi connectivity index (χ0n) is 19.4. The molecule has 1 amide bonds. The maximum atomic E-state index is 12.8. The lowest BCUT2D eigenvalue weighted by Gasteiger charge is -2.16. The fourth-order valence-corrected chi connectivity index (χ4v) is 3.57. The van der Waals surface area contributed by atoms with E-state index in [2.05, 4.69) is 34.3 Å². The van der Waals surface area contributed by atoms with E-state index in [1.165, 1.54) is 0 Å². The van der Waals surface area contributed by atoms with Crippen LogP contribution in [0.3, 0.4) is 0 Å². The summed E-state index contributed by atoms with van der Waals surface area (Å²) < 4.78 is 0. The van der Waals surface area contributed by atoms with E-state index < -0.39 is 6.10 Å². The predicted octanol–water partition coefficient (Wildman–Crippen LogP) is 4.11. The Bertz CT molecular complexity index is 1020. The van der Waals surface area contributed by atoms with Gasteiger partial charge >= 0.3 is 0 Å². The van der Waals surface area contributed by atoms with Gasteiger partial charge in [0.25, 0.3) is 5.91 Å². The maximum absolute atomic E-state index is 12.8. The van der Waals surface area contributed by atoms with Crippen LogP contribution in [0.15, 0.2) is 48.7 Å². The van der Waals surface area contributed by atoms with Crippen LogP contribution < -0.4 is 5.32 Å². The Hall–Kier alpha value is -2.74. The van der Waals surface area contributed by atoms with Gasteiger partial charge in [-0.1, -0.05) is 43.6 Å². The number of rotatable bonds is 11. The van der Waals surface area contributed by atoms with Gasteiger partial charge in [-0.05, 0) is 55.1 Å². The second-order valence-corrected chi connectivity index (χ2v) is 8.76. The molecular formula is C25H32ClN5O2. The summed E-state index contributed by atoms with van der Waals surface area (Å²) >= 11 is 5.78. The average molecular weight is 470 g/mol. The van der Waals surface area contributed by atoms with Crippen molar-refractivity contribution in [2.75, 3.05) is 20.1 Å². The molecule has 0 radical (unpaired) electrons. The van der Waals surface area contributed by atoms with Crippen LogP contribution in [-0.2, 0) is 13.0 Å². The molecule has 1 unspecified atom stereocenters. The van der Waals surface area contributed by atoms with E-state index in [1.807, 2.05) is 30.3 Å². The van der Waals surface area contributed by atoms with Crippen molar-refractivity contribution in [3.63, 3.8) is 0 Å². The molecule has 176 valence electrons. The minimum Gasteiger partial charge on any atom is -0.387 e. The van der Waals surface area contributed by atoms with Crippen LogP contribution in [0.1, 0.15) is 65.2 Å². The van der Waals surface area contributed by atoms with E-state index in [1.54, 1.807) is 30.3 Å². The summed E-state index contributed by atoms with van der Waals surface area (Å²) in [5, 5.41) is 21.3. The highest BCUT2D eigenvalue weighted by atomic mass is 35.5. The molecule has 2 atom stereocenters. The Labute approximate surface area is 200 Å². The molecule has 1 aromatic carbocycles.